The molecular formula is C24H25N3O3S. The number of carbonyl (C=O) groups excluding carboxylic acids is 1. The number of aromatic amines is 1. The van der Waals surface area contributed by atoms with E-state index in [0.717, 1.165) is 27.4 Å². The van der Waals surface area contributed by atoms with Crippen LogP contribution >= 0.6 is 11.3 Å². The summed E-state index contributed by atoms with van der Waals surface area (Å²) in [5, 5.41) is 5.05. The number of rotatable bonds is 7. The first kappa shape index (κ1) is 20.9. The maximum Gasteiger partial charge on any atom is 0.271 e. The van der Waals surface area contributed by atoms with E-state index in [1.807, 2.05) is 50.4 Å². The van der Waals surface area contributed by atoms with Crippen LogP contribution in [0.25, 0.3) is 21.5 Å². The molecule has 160 valence electrons. The van der Waals surface area contributed by atoms with E-state index in [2.05, 4.69) is 27.4 Å². The summed E-state index contributed by atoms with van der Waals surface area (Å²) < 4.78 is 10.7. The predicted octanol–water partition coefficient (Wildman–Crippen LogP) is 4.98. The van der Waals surface area contributed by atoms with Crippen LogP contribution in [0.2, 0.25) is 0 Å². The summed E-state index contributed by atoms with van der Waals surface area (Å²) >= 11 is 1.49. The Labute approximate surface area is 185 Å². The van der Waals surface area contributed by atoms with Crippen molar-refractivity contribution in [2.75, 3.05) is 14.2 Å². The minimum Gasteiger partial charge on any atom is -0.493 e. The van der Waals surface area contributed by atoms with Gasteiger partial charge in [-0.2, -0.15) is 0 Å². The molecule has 7 heteroatoms. The van der Waals surface area contributed by atoms with Crippen molar-refractivity contribution in [1.82, 2.24) is 15.3 Å². The number of amides is 1. The van der Waals surface area contributed by atoms with Gasteiger partial charge in [-0.15, -0.1) is 11.3 Å². The molecule has 1 atom stereocenters. The minimum atomic E-state index is -0.159. The SMILES string of the molecule is COc1ccc(-c2nc(C(=O)NC(C)Cc3c[nH]c4ccccc34)c(C)s2)cc1OC. The van der Waals surface area contributed by atoms with Crippen molar-refractivity contribution in [3.05, 3.63) is 64.8 Å². The maximum absolute atomic E-state index is 12.9. The van der Waals surface area contributed by atoms with Crippen LogP contribution in [-0.2, 0) is 6.42 Å². The van der Waals surface area contributed by atoms with Crippen molar-refractivity contribution in [2.24, 2.45) is 0 Å². The van der Waals surface area contributed by atoms with Gasteiger partial charge in [0.05, 0.1) is 14.2 Å². The molecule has 0 spiro atoms. The molecule has 0 aliphatic heterocycles. The van der Waals surface area contributed by atoms with E-state index < -0.39 is 0 Å². The van der Waals surface area contributed by atoms with Crippen LogP contribution in [-0.4, -0.2) is 36.1 Å². The van der Waals surface area contributed by atoms with Gasteiger partial charge in [-0.05, 0) is 50.1 Å². The molecule has 0 fully saturated rings. The third-order valence-corrected chi connectivity index (χ3v) is 6.24. The van der Waals surface area contributed by atoms with Crippen molar-refractivity contribution in [2.45, 2.75) is 26.3 Å². The molecule has 0 saturated heterocycles. The van der Waals surface area contributed by atoms with Crippen LogP contribution in [0.1, 0.15) is 27.9 Å². The number of methoxy groups -OCH3 is 2. The normalized spacial score (nSPS) is 12.0. The number of nitrogens with one attached hydrogen (secondary N) is 2. The summed E-state index contributed by atoms with van der Waals surface area (Å²) in [4.78, 5) is 21.7. The lowest BCUT2D eigenvalue weighted by Crippen LogP contribution is -2.34. The zero-order valence-corrected chi connectivity index (χ0v) is 18.8. The smallest absolute Gasteiger partial charge is 0.271 e. The second-order valence-corrected chi connectivity index (χ2v) is 8.63. The summed E-state index contributed by atoms with van der Waals surface area (Å²) in [5.41, 5.74) is 3.63. The second-order valence-electron chi connectivity index (χ2n) is 7.43. The van der Waals surface area contributed by atoms with E-state index in [-0.39, 0.29) is 11.9 Å². The van der Waals surface area contributed by atoms with Crippen molar-refractivity contribution in [3.8, 4) is 22.1 Å². The summed E-state index contributed by atoms with van der Waals surface area (Å²) in [7, 11) is 3.20. The van der Waals surface area contributed by atoms with Crippen molar-refractivity contribution in [3.63, 3.8) is 0 Å². The fraction of sp³-hybridized carbons (Fsp3) is 0.250. The molecule has 4 aromatic rings. The van der Waals surface area contributed by atoms with Gasteiger partial charge in [0.15, 0.2) is 11.5 Å². The van der Waals surface area contributed by atoms with Gasteiger partial charge in [-0.3, -0.25) is 4.79 Å². The third-order valence-electron chi connectivity index (χ3n) is 5.22. The molecule has 2 heterocycles. The highest BCUT2D eigenvalue weighted by Gasteiger charge is 2.19. The lowest BCUT2D eigenvalue weighted by molar-refractivity contribution is 0.0935. The Morgan fingerprint density at radius 1 is 1.16 bits per heavy atom. The summed E-state index contributed by atoms with van der Waals surface area (Å²) in [6.45, 7) is 3.93. The first-order chi connectivity index (χ1) is 15.0. The van der Waals surface area contributed by atoms with Gasteiger partial charge in [0, 0.05) is 33.6 Å². The molecule has 4 rings (SSSR count). The monoisotopic (exact) mass is 435 g/mol. The van der Waals surface area contributed by atoms with Crippen LogP contribution in [0.5, 0.6) is 11.5 Å². The number of aryl methyl sites for hydroxylation is 1. The van der Waals surface area contributed by atoms with Gasteiger partial charge in [-0.1, -0.05) is 18.2 Å². The number of para-hydroxylation sites is 1. The quantitative estimate of drug-likeness (QED) is 0.429. The van der Waals surface area contributed by atoms with Gasteiger partial charge >= 0.3 is 0 Å². The Morgan fingerprint density at radius 3 is 2.71 bits per heavy atom. The summed E-state index contributed by atoms with van der Waals surface area (Å²) in [6.07, 6.45) is 2.75. The zero-order valence-electron chi connectivity index (χ0n) is 18.0. The number of ether oxygens (including phenoxy) is 2. The molecule has 0 aliphatic carbocycles. The zero-order chi connectivity index (χ0) is 22.0. The van der Waals surface area contributed by atoms with Crippen LogP contribution in [0.4, 0.5) is 0 Å². The van der Waals surface area contributed by atoms with Crippen LogP contribution < -0.4 is 14.8 Å². The summed E-state index contributed by atoms with van der Waals surface area (Å²) in [5.74, 6) is 1.13. The number of benzene rings is 2. The fourth-order valence-corrected chi connectivity index (χ4v) is 4.58. The maximum atomic E-state index is 12.9. The standard InChI is InChI=1S/C24H25N3O3S/c1-14(11-17-13-25-19-8-6-5-7-18(17)19)26-23(28)22-15(2)31-24(27-22)16-9-10-20(29-3)21(12-16)30-4/h5-10,12-14,25H,11H2,1-4H3,(H,26,28). The molecule has 0 bridgehead atoms. The number of hydrogen-bond acceptors (Lipinski definition) is 5. The second kappa shape index (κ2) is 8.81. The largest absolute Gasteiger partial charge is 0.493 e. The van der Waals surface area contributed by atoms with Gasteiger partial charge in [0.2, 0.25) is 0 Å². The first-order valence-electron chi connectivity index (χ1n) is 10.1. The number of H-pyrrole nitrogens is 1. The molecule has 31 heavy (non-hydrogen) atoms. The molecule has 1 amide bonds. The number of fused-ring (bicyclic) bond motifs is 1. The summed E-state index contributed by atoms with van der Waals surface area (Å²) in [6, 6.07) is 13.8. The minimum absolute atomic E-state index is 0.0302. The van der Waals surface area contributed by atoms with Crippen molar-refractivity contribution >= 4 is 28.1 Å². The first-order valence-corrected chi connectivity index (χ1v) is 10.9. The molecule has 0 radical (unpaired) electrons. The molecule has 0 saturated carbocycles. The molecule has 6 nitrogen and oxygen atoms in total. The topological polar surface area (TPSA) is 76.2 Å². The third kappa shape index (κ3) is 4.27. The molecule has 2 N–H and O–H groups in total. The lowest BCUT2D eigenvalue weighted by atomic mass is 10.1. The Hall–Kier alpha value is -3.32. The number of thiazole rings is 1. The Balaban J connectivity index is 1.50. The van der Waals surface area contributed by atoms with E-state index in [1.165, 1.54) is 22.3 Å². The number of aromatic nitrogens is 2. The average Bonchev–Trinajstić information content (AvgIpc) is 3.37. The van der Waals surface area contributed by atoms with Crippen LogP contribution in [0.3, 0.4) is 0 Å². The molecule has 1 unspecified atom stereocenters. The Morgan fingerprint density at radius 2 is 1.94 bits per heavy atom. The molecule has 2 aromatic carbocycles. The van der Waals surface area contributed by atoms with E-state index >= 15 is 0 Å². The van der Waals surface area contributed by atoms with Crippen molar-refractivity contribution in [1.29, 1.82) is 0 Å². The van der Waals surface area contributed by atoms with Gasteiger partial charge in [0.1, 0.15) is 10.7 Å². The Kier molecular flexibility index (Phi) is 5.95. The van der Waals surface area contributed by atoms with Gasteiger partial charge in [-0.25, -0.2) is 4.98 Å². The highest BCUT2D eigenvalue weighted by molar-refractivity contribution is 7.15. The average molecular weight is 436 g/mol. The highest BCUT2D eigenvalue weighted by atomic mass is 32.1. The Bertz CT molecular complexity index is 1230. The van der Waals surface area contributed by atoms with Crippen molar-refractivity contribution < 1.29 is 14.3 Å². The van der Waals surface area contributed by atoms with E-state index in [0.29, 0.717) is 17.2 Å². The van der Waals surface area contributed by atoms with Gasteiger partial charge < -0.3 is 19.8 Å². The number of nitrogens with zero attached hydrogens (tertiary/aromatic N) is 1. The number of hydrogen-bond donors (Lipinski definition) is 2. The predicted molar refractivity (Wildman–Crippen MR) is 124 cm³/mol. The van der Waals surface area contributed by atoms with Gasteiger partial charge in [0.25, 0.3) is 5.91 Å². The van der Waals surface area contributed by atoms with E-state index in [1.54, 1.807) is 14.2 Å². The molecular weight excluding hydrogens is 410 g/mol. The molecule has 2 aromatic heterocycles. The lowest BCUT2D eigenvalue weighted by Gasteiger charge is -2.13. The van der Waals surface area contributed by atoms with E-state index in [9.17, 15) is 4.79 Å². The highest BCUT2D eigenvalue weighted by Crippen LogP contribution is 2.35. The number of carbonyl (C=O) groups is 1. The van der Waals surface area contributed by atoms with E-state index in [4.69, 9.17) is 9.47 Å². The van der Waals surface area contributed by atoms with Crippen LogP contribution in [0.15, 0.2) is 48.7 Å². The molecule has 0 aliphatic rings. The van der Waals surface area contributed by atoms with Crippen LogP contribution in [0, 0.1) is 6.92 Å². The fourth-order valence-electron chi connectivity index (χ4n) is 3.67.